The van der Waals surface area contributed by atoms with E-state index in [2.05, 4.69) is 10.4 Å². The number of hydrogen-bond acceptors (Lipinski definition) is 7. The normalized spacial score (nSPS) is 15.8. The Morgan fingerprint density at radius 3 is 2.51 bits per heavy atom. The van der Waals surface area contributed by atoms with Gasteiger partial charge in [0.1, 0.15) is 23.1 Å². The van der Waals surface area contributed by atoms with E-state index in [1.54, 1.807) is 12.1 Å². The van der Waals surface area contributed by atoms with Gasteiger partial charge in [0.25, 0.3) is 0 Å². The van der Waals surface area contributed by atoms with Crippen molar-refractivity contribution in [3.63, 3.8) is 0 Å². The number of hydrazine groups is 1. The van der Waals surface area contributed by atoms with Gasteiger partial charge in [0.15, 0.2) is 0 Å². The van der Waals surface area contributed by atoms with Gasteiger partial charge in [-0.3, -0.25) is 4.79 Å². The number of anilines is 1. The Balaban J connectivity index is 1.33. The molecular formula is C30H37FN2O6. The minimum absolute atomic E-state index is 0.0158. The second kappa shape index (κ2) is 14.0. The second-order valence-electron chi connectivity index (χ2n) is 9.61. The number of aromatic hydroxyl groups is 1. The zero-order chi connectivity index (χ0) is 27.6. The van der Waals surface area contributed by atoms with Crippen molar-refractivity contribution in [2.24, 2.45) is 0 Å². The molecule has 0 amide bonds. The summed E-state index contributed by atoms with van der Waals surface area (Å²) < 4.78 is 30.8. The number of hydrogen-bond donors (Lipinski definition) is 3. The van der Waals surface area contributed by atoms with Crippen molar-refractivity contribution >= 4 is 17.2 Å². The predicted molar refractivity (Wildman–Crippen MR) is 148 cm³/mol. The van der Waals surface area contributed by atoms with Crippen LogP contribution in [0.25, 0.3) is 5.57 Å². The van der Waals surface area contributed by atoms with Crippen LogP contribution in [-0.4, -0.2) is 60.7 Å². The molecule has 0 unspecified atom stereocenters. The molecular weight excluding hydrogens is 503 g/mol. The highest BCUT2D eigenvalue weighted by Gasteiger charge is 2.16. The van der Waals surface area contributed by atoms with Crippen LogP contribution in [0.5, 0.6) is 17.2 Å². The van der Waals surface area contributed by atoms with Gasteiger partial charge in [-0.1, -0.05) is 13.0 Å². The van der Waals surface area contributed by atoms with E-state index >= 15 is 0 Å². The highest BCUT2D eigenvalue weighted by molar-refractivity contribution is 5.74. The van der Waals surface area contributed by atoms with Gasteiger partial charge in [-0.05, 0) is 66.3 Å². The van der Waals surface area contributed by atoms with E-state index in [9.17, 15) is 19.4 Å². The Hall–Kier alpha value is -3.56. The van der Waals surface area contributed by atoms with Crippen molar-refractivity contribution in [3.8, 4) is 17.2 Å². The monoisotopic (exact) mass is 540 g/mol. The van der Waals surface area contributed by atoms with Crippen LogP contribution >= 0.6 is 0 Å². The number of carboxylic acid groups (broad SMARTS) is 1. The fourth-order valence-corrected chi connectivity index (χ4v) is 4.63. The first-order chi connectivity index (χ1) is 18.9. The molecule has 2 aromatic rings. The van der Waals surface area contributed by atoms with E-state index < -0.39 is 5.97 Å². The minimum atomic E-state index is -0.856. The van der Waals surface area contributed by atoms with Gasteiger partial charge in [-0.15, -0.1) is 0 Å². The average Bonchev–Trinajstić information content (AvgIpc) is 2.94. The molecule has 210 valence electrons. The first-order valence-electron chi connectivity index (χ1n) is 13.5. The zero-order valence-electron chi connectivity index (χ0n) is 22.4. The van der Waals surface area contributed by atoms with Crippen LogP contribution in [0.1, 0.15) is 49.3 Å². The van der Waals surface area contributed by atoms with Gasteiger partial charge in [-0.2, -0.15) is 0 Å². The van der Waals surface area contributed by atoms with E-state index in [0.717, 1.165) is 41.9 Å². The molecule has 8 nitrogen and oxygen atoms in total. The standard InChI is InChI=1S/C30H37FN2O6/c1-2-21-19-26(22-4-7-24(31)8-5-22)27(34)20-29(21)39-15-3-14-38-28-10-9-25(18-23(28)6-11-30(35)36)32-33-12-16-37-17-13-33/h4,7,9-10,18-20,32,34H,2-3,5-6,8,11-17H2,1H3,(H,35,36). The molecule has 2 aliphatic rings. The highest BCUT2D eigenvalue weighted by Crippen LogP contribution is 2.37. The summed E-state index contributed by atoms with van der Waals surface area (Å²) >= 11 is 0. The number of carboxylic acids is 1. The van der Waals surface area contributed by atoms with E-state index in [1.165, 1.54) is 6.08 Å². The number of nitrogens with one attached hydrogen (secondary N) is 1. The molecule has 1 heterocycles. The van der Waals surface area contributed by atoms with Gasteiger partial charge in [-0.25, -0.2) is 9.40 Å². The SMILES string of the molecule is CCc1cc(C2=CC=C(F)CC2)c(O)cc1OCCCOc1ccc(NN2CCOCC2)cc1CCC(=O)O. The lowest BCUT2D eigenvalue weighted by molar-refractivity contribution is -0.136. The van der Waals surface area contributed by atoms with Crippen LogP contribution in [-0.2, 0) is 22.4 Å². The van der Waals surface area contributed by atoms with Crippen LogP contribution < -0.4 is 14.9 Å². The number of halogens is 1. The summed E-state index contributed by atoms with van der Waals surface area (Å²) in [6.45, 7) is 5.70. The Morgan fingerprint density at radius 1 is 1.05 bits per heavy atom. The molecule has 1 fully saturated rings. The molecule has 0 bridgehead atoms. The highest BCUT2D eigenvalue weighted by atomic mass is 19.1. The summed E-state index contributed by atoms with van der Waals surface area (Å²) in [5, 5.41) is 21.9. The summed E-state index contributed by atoms with van der Waals surface area (Å²) in [5.74, 6) is 0.397. The number of morpholine rings is 1. The number of benzene rings is 2. The lowest BCUT2D eigenvalue weighted by Gasteiger charge is -2.28. The lowest BCUT2D eigenvalue weighted by atomic mass is 9.94. The van der Waals surface area contributed by atoms with Gasteiger partial charge in [0.05, 0.1) is 26.4 Å². The summed E-state index contributed by atoms with van der Waals surface area (Å²) in [7, 11) is 0. The Morgan fingerprint density at radius 2 is 1.82 bits per heavy atom. The van der Waals surface area contributed by atoms with Crippen molar-refractivity contribution in [2.75, 3.05) is 44.9 Å². The molecule has 1 aliphatic carbocycles. The number of nitrogens with zero attached hydrogens (tertiary/aromatic N) is 1. The largest absolute Gasteiger partial charge is 0.507 e. The molecule has 4 rings (SSSR count). The van der Waals surface area contributed by atoms with E-state index in [4.69, 9.17) is 14.2 Å². The third-order valence-electron chi connectivity index (χ3n) is 6.78. The zero-order valence-corrected chi connectivity index (χ0v) is 22.4. The fraction of sp³-hybridized carbons (Fsp3) is 0.433. The van der Waals surface area contributed by atoms with Crippen molar-refractivity contribution in [2.45, 2.75) is 45.4 Å². The van der Waals surface area contributed by atoms with Crippen molar-refractivity contribution in [1.82, 2.24) is 5.01 Å². The third kappa shape index (κ3) is 8.21. The van der Waals surface area contributed by atoms with Crippen LogP contribution in [0, 0.1) is 0 Å². The molecule has 3 N–H and O–H groups in total. The molecule has 1 saturated heterocycles. The minimum Gasteiger partial charge on any atom is -0.507 e. The molecule has 0 spiro atoms. The Bertz CT molecular complexity index is 1210. The molecule has 0 radical (unpaired) electrons. The molecule has 0 saturated carbocycles. The average molecular weight is 541 g/mol. The maximum Gasteiger partial charge on any atom is 0.303 e. The molecule has 0 aromatic heterocycles. The Kier molecular flexibility index (Phi) is 10.2. The van der Waals surface area contributed by atoms with Crippen molar-refractivity contribution < 1.29 is 33.6 Å². The van der Waals surface area contributed by atoms with Crippen LogP contribution in [0.15, 0.2) is 48.3 Å². The summed E-state index contributed by atoms with van der Waals surface area (Å²) in [6.07, 6.45) is 5.79. The summed E-state index contributed by atoms with van der Waals surface area (Å²) in [6, 6.07) is 9.29. The van der Waals surface area contributed by atoms with Crippen LogP contribution in [0.3, 0.4) is 0 Å². The first-order valence-corrected chi connectivity index (χ1v) is 13.5. The summed E-state index contributed by atoms with van der Waals surface area (Å²) in [4.78, 5) is 11.2. The van der Waals surface area contributed by atoms with Gasteiger partial charge in [0, 0.05) is 49.7 Å². The van der Waals surface area contributed by atoms with E-state index in [1.807, 2.05) is 31.2 Å². The number of phenolic OH excluding ortho intramolecular Hbond substituents is 1. The Labute approximate surface area is 228 Å². The number of carbonyl (C=O) groups is 1. The second-order valence-corrected chi connectivity index (χ2v) is 9.61. The quantitative estimate of drug-likeness (QED) is 0.286. The van der Waals surface area contributed by atoms with Crippen molar-refractivity contribution in [1.29, 1.82) is 0 Å². The molecule has 39 heavy (non-hydrogen) atoms. The first kappa shape index (κ1) is 28.4. The van der Waals surface area contributed by atoms with E-state index in [0.29, 0.717) is 69.2 Å². The molecule has 0 atom stereocenters. The van der Waals surface area contributed by atoms with Gasteiger partial charge >= 0.3 is 5.97 Å². The smallest absolute Gasteiger partial charge is 0.303 e. The number of phenols is 1. The number of aliphatic carboxylic acids is 1. The van der Waals surface area contributed by atoms with Gasteiger partial charge < -0.3 is 29.8 Å². The van der Waals surface area contributed by atoms with Crippen molar-refractivity contribution in [3.05, 3.63) is 65.0 Å². The molecule has 1 aliphatic heterocycles. The molecule has 9 heteroatoms. The summed E-state index contributed by atoms with van der Waals surface area (Å²) in [5.41, 5.74) is 7.67. The number of ether oxygens (including phenoxy) is 3. The third-order valence-corrected chi connectivity index (χ3v) is 6.78. The lowest BCUT2D eigenvalue weighted by Crippen LogP contribution is -2.40. The van der Waals surface area contributed by atoms with Gasteiger partial charge in [0.2, 0.25) is 0 Å². The molecule has 2 aromatic carbocycles. The number of aryl methyl sites for hydroxylation is 2. The number of allylic oxidation sites excluding steroid dienone is 4. The topological polar surface area (TPSA) is 100 Å². The number of rotatable bonds is 13. The maximum atomic E-state index is 13.4. The maximum absolute atomic E-state index is 13.4. The van der Waals surface area contributed by atoms with Crippen LogP contribution in [0.2, 0.25) is 0 Å². The predicted octanol–water partition coefficient (Wildman–Crippen LogP) is 5.51. The van der Waals surface area contributed by atoms with Crippen LogP contribution in [0.4, 0.5) is 10.1 Å². The van der Waals surface area contributed by atoms with E-state index in [-0.39, 0.29) is 18.0 Å². The fourth-order valence-electron chi connectivity index (χ4n) is 4.63.